The summed E-state index contributed by atoms with van der Waals surface area (Å²) in [7, 11) is 4.06. The zero-order valence-corrected chi connectivity index (χ0v) is 11.6. The molecule has 96 valence electrons. The van der Waals surface area contributed by atoms with Gasteiger partial charge in [-0.05, 0) is 42.5 Å². The minimum Gasteiger partial charge on any atom is -0.508 e. The number of aromatic hydroxyl groups is 1. The highest BCUT2D eigenvalue weighted by Crippen LogP contribution is 2.32. The number of nitrogens with zero attached hydrogens (tertiary/aromatic N) is 2. The van der Waals surface area contributed by atoms with E-state index in [4.69, 9.17) is 0 Å². The molecule has 0 unspecified atom stereocenters. The van der Waals surface area contributed by atoms with Gasteiger partial charge in [0.1, 0.15) is 10.8 Å². The summed E-state index contributed by atoms with van der Waals surface area (Å²) in [6.45, 7) is 0. The molecule has 0 amide bonds. The van der Waals surface area contributed by atoms with Crippen LogP contribution >= 0.6 is 11.3 Å². The van der Waals surface area contributed by atoms with Crippen LogP contribution in [0.1, 0.15) is 0 Å². The molecule has 0 fully saturated rings. The van der Waals surface area contributed by atoms with Crippen molar-refractivity contribution in [1.29, 1.82) is 0 Å². The van der Waals surface area contributed by atoms with Gasteiger partial charge in [0.15, 0.2) is 0 Å². The second-order valence-electron chi connectivity index (χ2n) is 4.61. The molecule has 3 aromatic rings. The Bertz CT molecular complexity index is 717. The summed E-state index contributed by atoms with van der Waals surface area (Å²) in [4.78, 5) is 6.71. The molecule has 4 heteroatoms. The van der Waals surface area contributed by atoms with Crippen molar-refractivity contribution in [2.45, 2.75) is 0 Å². The monoisotopic (exact) mass is 270 g/mol. The van der Waals surface area contributed by atoms with Crippen molar-refractivity contribution < 1.29 is 5.11 Å². The second-order valence-corrected chi connectivity index (χ2v) is 5.64. The fourth-order valence-electron chi connectivity index (χ4n) is 1.92. The number of benzene rings is 2. The van der Waals surface area contributed by atoms with Crippen LogP contribution in [0.2, 0.25) is 0 Å². The minimum absolute atomic E-state index is 0.278. The fourth-order valence-corrected chi connectivity index (χ4v) is 2.92. The Labute approximate surface area is 115 Å². The first-order chi connectivity index (χ1) is 9.13. The molecule has 2 aromatic carbocycles. The fraction of sp³-hybridized carbons (Fsp3) is 0.133. The first-order valence-corrected chi connectivity index (χ1v) is 6.82. The predicted molar refractivity (Wildman–Crippen MR) is 81.0 cm³/mol. The number of phenolic OH excluding ortho intramolecular Hbond substituents is 1. The molecular weight excluding hydrogens is 256 g/mol. The van der Waals surface area contributed by atoms with Crippen LogP contribution in [0.4, 0.5) is 5.69 Å². The van der Waals surface area contributed by atoms with Gasteiger partial charge < -0.3 is 10.0 Å². The largest absolute Gasteiger partial charge is 0.508 e. The van der Waals surface area contributed by atoms with Gasteiger partial charge in [-0.2, -0.15) is 0 Å². The quantitative estimate of drug-likeness (QED) is 0.770. The summed E-state index contributed by atoms with van der Waals surface area (Å²) in [5, 5.41) is 10.3. The molecule has 0 radical (unpaired) electrons. The van der Waals surface area contributed by atoms with Gasteiger partial charge in [-0.3, -0.25) is 0 Å². The Balaban J connectivity index is 2.08. The molecule has 0 aliphatic carbocycles. The molecule has 3 nitrogen and oxygen atoms in total. The van der Waals surface area contributed by atoms with Crippen molar-refractivity contribution in [1.82, 2.24) is 4.98 Å². The van der Waals surface area contributed by atoms with Crippen molar-refractivity contribution in [3.05, 3.63) is 42.5 Å². The van der Waals surface area contributed by atoms with E-state index in [9.17, 15) is 5.11 Å². The van der Waals surface area contributed by atoms with Gasteiger partial charge in [-0.15, -0.1) is 11.3 Å². The molecule has 19 heavy (non-hydrogen) atoms. The Morgan fingerprint density at radius 1 is 1.05 bits per heavy atom. The van der Waals surface area contributed by atoms with Crippen LogP contribution in [0.3, 0.4) is 0 Å². The van der Waals surface area contributed by atoms with Gasteiger partial charge in [-0.25, -0.2) is 4.98 Å². The highest BCUT2D eigenvalue weighted by molar-refractivity contribution is 7.21. The van der Waals surface area contributed by atoms with Crippen LogP contribution in [0.25, 0.3) is 20.8 Å². The standard InChI is InChI=1S/C15H14N2OS/c1-17(2)11-5-8-13-14(9-11)19-15(16-13)10-3-6-12(18)7-4-10/h3-9,18H,1-2H3. The molecule has 0 saturated carbocycles. The Kier molecular flexibility index (Phi) is 2.87. The average molecular weight is 270 g/mol. The molecule has 0 aliphatic heterocycles. The Morgan fingerprint density at radius 3 is 2.47 bits per heavy atom. The average Bonchev–Trinajstić information content (AvgIpc) is 2.82. The zero-order chi connectivity index (χ0) is 13.4. The van der Waals surface area contributed by atoms with Gasteiger partial charge in [0.05, 0.1) is 10.2 Å². The maximum atomic E-state index is 9.32. The number of hydrogen-bond acceptors (Lipinski definition) is 4. The molecular formula is C15H14N2OS. The number of hydrogen-bond donors (Lipinski definition) is 1. The van der Waals surface area contributed by atoms with E-state index in [0.717, 1.165) is 16.1 Å². The van der Waals surface area contributed by atoms with E-state index in [1.807, 2.05) is 32.3 Å². The maximum absolute atomic E-state index is 9.32. The van der Waals surface area contributed by atoms with E-state index in [1.54, 1.807) is 23.5 Å². The van der Waals surface area contributed by atoms with Gasteiger partial charge in [-0.1, -0.05) is 0 Å². The first-order valence-electron chi connectivity index (χ1n) is 6.01. The van der Waals surface area contributed by atoms with Crippen LogP contribution in [-0.4, -0.2) is 24.2 Å². The Hall–Kier alpha value is -2.07. The number of fused-ring (bicyclic) bond motifs is 1. The van der Waals surface area contributed by atoms with Gasteiger partial charge in [0.2, 0.25) is 0 Å². The highest BCUT2D eigenvalue weighted by atomic mass is 32.1. The van der Waals surface area contributed by atoms with E-state index >= 15 is 0 Å². The number of aromatic nitrogens is 1. The van der Waals surface area contributed by atoms with Crippen LogP contribution in [-0.2, 0) is 0 Å². The molecule has 0 bridgehead atoms. The topological polar surface area (TPSA) is 36.4 Å². The van der Waals surface area contributed by atoms with E-state index in [1.165, 1.54) is 10.4 Å². The number of anilines is 1. The number of rotatable bonds is 2. The van der Waals surface area contributed by atoms with Crippen LogP contribution < -0.4 is 4.90 Å². The smallest absolute Gasteiger partial charge is 0.124 e. The van der Waals surface area contributed by atoms with E-state index in [0.29, 0.717) is 0 Å². The predicted octanol–water partition coefficient (Wildman–Crippen LogP) is 3.73. The third kappa shape index (κ3) is 2.27. The van der Waals surface area contributed by atoms with E-state index < -0.39 is 0 Å². The molecule has 3 rings (SSSR count). The lowest BCUT2D eigenvalue weighted by Crippen LogP contribution is -2.07. The molecule has 0 atom stereocenters. The third-order valence-electron chi connectivity index (χ3n) is 3.00. The lowest BCUT2D eigenvalue weighted by Gasteiger charge is -2.11. The van der Waals surface area contributed by atoms with Gasteiger partial charge in [0, 0.05) is 25.3 Å². The lowest BCUT2D eigenvalue weighted by molar-refractivity contribution is 0.475. The van der Waals surface area contributed by atoms with Crippen molar-refractivity contribution in [3.8, 4) is 16.3 Å². The molecule has 1 aromatic heterocycles. The van der Waals surface area contributed by atoms with Crippen LogP contribution in [0, 0.1) is 0 Å². The molecule has 0 aliphatic rings. The van der Waals surface area contributed by atoms with Crippen molar-refractivity contribution in [3.63, 3.8) is 0 Å². The normalized spacial score (nSPS) is 10.8. The van der Waals surface area contributed by atoms with Crippen molar-refractivity contribution in [2.24, 2.45) is 0 Å². The summed E-state index contributed by atoms with van der Waals surface area (Å²) in [6.07, 6.45) is 0. The number of phenols is 1. The van der Waals surface area contributed by atoms with Crippen molar-refractivity contribution >= 4 is 27.2 Å². The zero-order valence-electron chi connectivity index (χ0n) is 10.8. The molecule has 0 spiro atoms. The SMILES string of the molecule is CN(C)c1ccc2nc(-c3ccc(O)cc3)sc2c1. The lowest BCUT2D eigenvalue weighted by atomic mass is 10.2. The highest BCUT2D eigenvalue weighted by Gasteiger charge is 2.07. The third-order valence-corrected chi connectivity index (χ3v) is 4.07. The molecule has 1 heterocycles. The Morgan fingerprint density at radius 2 is 1.79 bits per heavy atom. The van der Waals surface area contributed by atoms with Gasteiger partial charge in [0.25, 0.3) is 0 Å². The summed E-state index contributed by atoms with van der Waals surface area (Å²) in [5.74, 6) is 0.278. The van der Waals surface area contributed by atoms with Crippen LogP contribution in [0.5, 0.6) is 5.75 Å². The molecule has 1 N–H and O–H groups in total. The summed E-state index contributed by atoms with van der Waals surface area (Å²) in [6, 6.07) is 13.4. The van der Waals surface area contributed by atoms with Crippen LogP contribution in [0.15, 0.2) is 42.5 Å². The summed E-state index contributed by atoms with van der Waals surface area (Å²) in [5.41, 5.74) is 3.22. The van der Waals surface area contributed by atoms with Gasteiger partial charge >= 0.3 is 0 Å². The maximum Gasteiger partial charge on any atom is 0.124 e. The van der Waals surface area contributed by atoms with E-state index in [2.05, 4.69) is 22.0 Å². The minimum atomic E-state index is 0.278. The molecule has 0 saturated heterocycles. The van der Waals surface area contributed by atoms with E-state index in [-0.39, 0.29) is 5.75 Å². The van der Waals surface area contributed by atoms with Crippen molar-refractivity contribution in [2.75, 3.05) is 19.0 Å². The summed E-state index contributed by atoms with van der Waals surface area (Å²) < 4.78 is 1.18. The summed E-state index contributed by atoms with van der Waals surface area (Å²) >= 11 is 1.67. The second kappa shape index (κ2) is 4.55. The number of thiazole rings is 1. The first kappa shape index (κ1) is 12.0.